The number of nitrogens with one attached hydrogen (secondary N) is 2. The lowest BCUT2D eigenvalue weighted by molar-refractivity contribution is 0.204. The molecule has 0 radical (unpaired) electrons. The van der Waals surface area contributed by atoms with Crippen molar-refractivity contribution >= 4 is 16.0 Å². The van der Waals surface area contributed by atoms with Crippen molar-refractivity contribution in [2.24, 2.45) is 4.99 Å². The molecule has 0 saturated heterocycles. The van der Waals surface area contributed by atoms with Gasteiger partial charge in [0.1, 0.15) is 5.75 Å². The Hall–Kier alpha value is -2.62. The lowest BCUT2D eigenvalue weighted by Crippen LogP contribution is -2.38. The maximum atomic E-state index is 12.4. The Bertz CT molecular complexity index is 930. The summed E-state index contributed by atoms with van der Waals surface area (Å²) in [5.74, 6) is 1.52. The highest BCUT2D eigenvalue weighted by Gasteiger charge is 2.14. The van der Waals surface area contributed by atoms with Gasteiger partial charge in [0.15, 0.2) is 5.96 Å². The van der Waals surface area contributed by atoms with Gasteiger partial charge in [-0.15, -0.1) is 0 Å². The van der Waals surface area contributed by atoms with Crippen molar-refractivity contribution in [3.63, 3.8) is 0 Å². The second-order valence-electron chi connectivity index (χ2n) is 6.64. The van der Waals surface area contributed by atoms with E-state index < -0.39 is 10.0 Å². The smallest absolute Gasteiger partial charge is 0.240 e. The van der Waals surface area contributed by atoms with Crippen molar-refractivity contribution in [2.45, 2.75) is 18.0 Å². The van der Waals surface area contributed by atoms with Crippen LogP contribution in [0.15, 0.2) is 58.4 Å². The maximum Gasteiger partial charge on any atom is 0.240 e. The molecule has 0 aliphatic carbocycles. The van der Waals surface area contributed by atoms with Gasteiger partial charge in [-0.3, -0.25) is 4.99 Å². The average molecular weight is 435 g/mol. The molecule has 0 amide bonds. The number of aliphatic imine (C=N–C) groups is 1. The monoisotopic (exact) mass is 434 g/mol. The van der Waals surface area contributed by atoms with Gasteiger partial charge < -0.3 is 19.7 Å². The Kier molecular flexibility index (Phi) is 9.10. The summed E-state index contributed by atoms with van der Waals surface area (Å²) in [7, 11) is 3.26. The van der Waals surface area contributed by atoms with E-state index in [2.05, 4.69) is 15.0 Å². The Balaban J connectivity index is 1.98. The molecular formula is C21H30N4O4S. The lowest BCUT2D eigenvalue weighted by atomic mass is 10.2. The van der Waals surface area contributed by atoms with Crippen LogP contribution in [0.2, 0.25) is 0 Å². The summed E-state index contributed by atoms with van der Waals surface area (Å²) in [6.07, 6.45) is 0. The summed E-state index contributed by atoms with van der Waals surface area (Å²) in [6.45, 7) is 1.66. The minimum absolute atomic E-state index is 0.222. The number of nitrogens with zero attached hydrogens (tertiary/aromatic N) is 2. The minimum atomic E-state index is -3.57. The van der Waals surface area contributed by atoms with Gasteiger partial charge in [0.05, 0.1) is 18.6 Å². The number of benzene rings is 2. The molecule has 2 aromatic carbocycles. The molecule has 0 unspecified atom stereocenters. The first-order chi connectivity index (χ1) is 14.4. The van der Waals surface area contributed by atoms with E-state index in [1.807, 2.05) is 42.3 Å². The van der Waals surface area contributed by atoms with Crippen molar-refractivity contribution in [3.05, 3.63) is 59.7 Å². The van der Waals surface area contributed by atoms with Gasteiger partial charge in [0.25, 0.3) is 0 Å². The van der Waals surface area contributed by atoms with E-state index in [1.165, 1.54) is 7.11 Å². The predicted molar refractivity (Wildman–Crippen MR) is 118 cm³/mol. The zero-order valence-corrected chi connectivity index (χ0v) is 18.7. The van der Waals surface area contributed by atoms with E-state index in [0.29, 0.717) is 25.7 Å². The van der Waals surface area contributed by atoms with Crippen LogP contribution in [-0.4, -0.2) is 60.7 Å². The first-order valence-electron chi connectivity index (χ1n) is 9.52. The molecule has 0 aromatic heterocycles. The number of methoxy groups -OCH3 is 2. The van der Waals surface area contributed by atoms with Crippen LogP contribution in [0.5, 0.6) is 5.75 Å². The molecule has 2 N–H and O–H groups in total. The molecule has 0 aliphatic heterocycles. The fourth-order valence-electron chi connectivity index (χ4n) is 2.83. The maximum absolute atomic E-state index is 12.4. The van der Waals surface area contributed by atoms with Crippen molar-refractivity contribution in [1.82, 2.24) is 14.9 Å². The summed E-state index contributed by atoms with van der Waals surface area (Å²) in [4.78, 5) is 6.53. The third-order valence-electron chi connectivity index (χ3n) is 4.41. The Morgan fingerprint density at radius 2 is 1.83 bits per heavy atom. The van der Waals surface area contributed by atoms with Crippen molar-refractivity contribution in [1.29, 1.82) is 0 Å². The Labute approximate surface area is 179 Å². The summed E-state index contributed by atoms with van der Waals surface area (Å²) in [5.41, 5.74) is 1.96. The minimum Gasteiger partial charge on any atom is -0.497 e. The van der Waals surface area contributed by atoms with Gasteiger partial charge in [-0.1, -0.05) is 24.3 Å². The van der Waals surface area contributed by atoms with E-state index in [1.54, 1.807) is 32.4 Å². The number of rotatable bonds is 10. The van der Waals surface area contributed by atoms with Crippen LogP contribution in [0.4, 0.5) is 0 Å². The van der Waals surface area contributed by atoms with Gasteiger partial charge in [-0.05, 0) is 35.4 Å². The summed E-state index contributed by atoms with van der Waals surface area (Å²) in [5, 5.41) is 3.28. The van der Waals surface area contributed by atoms with E-state index in [4.69, 9.17) is 9.47 Å². The molecule has 0 saturated carbocycles. The number of hydrogen-bond acceptors (Lipinski definition) is 5. The molecule has 2 rings (SSSR count). The third-order valence-corrected chi connectivity index (χ3v) is 5.87. The van der Waals surface area contributed by atoms with Crippen molar-refractivity contribution < 1.29 is 17.9 Å². The van der Waals surface area contributed by atoms with E-state index in [-0.39, 0.29) is 11.4 Å². The average Bonchev–Trinajstić information content (AvgIpc) is 2.75. The van der Waals surface area contributed by atoms with Crippen LogP contribution in [0.3, 0.4) is 0 Å². The molecule has 0 fully saturated rings. The molecule has 0 aliphatic rings. The van der Waals surface area contributed by atoms with Crippen molar-refractivity contribution in [2.75, 3.05) is 41.5 Å². The quantitative estimate of drug-likeness (QED) is 0.337. The SMILES string of the molecule is CN=C(NCc1cccc(S(=O)(=O)NCCOC)c1)N(C)Cc1ccc(OC)cc1. The summed E-state index contributed by atoms with van der Waals surface area (Å²) in [6, 6.07) is 14.7. The predicted octanol–water partition coefficient (Wildman–Crippen LogP) is 1.83. The topological polar surface area (TPSA) is 92.3 Å². The summed E-state index contributed by atoms with van der Waals surface area (Å²) < 4.78 is 37.4. The Morgan fingerprint density at radius 3 is 2.47 bits per heavy atom. The van der Waals surface area contributed by atoms with Crippen LogP contribution in [0.25, 0.3) is 0 Å². The molecule has 8 nitrogen and oxygen atoms in total. The van der Waals surface area contributed by atoms with E-state index in [9.17, 15) is 8.42 Å². The number of ether oxygens (including phenoxy) is 2. The zero-order chi connectivity index (χ0) is 22.0. The first-order valence-corrected chi connectivity index (χ1v) is 11.0. The molecule has 164 valence electrons. The highest BCUT2D eigenvalue weighted by molar-refractivity contribution is 7.89. The van der Waals surface area contributed by atoms with Crippen LogP contribution in [0.1, 0.15) is 11.1 Å². The Morgan fingerprint density at radius 1 is 1.10 bits per heavy atom. The number of sulfonamides is 1. The molecule has 9 heteroatoms. The van der Waals surface area contributed by atoms with Gasteiger partial charge >= 0.3 is 0 Å². The highest BCUT2D eigenvalue weighted by atomic mass is 32.2. The molecule has 0 heterocycles. The fraction of sp³-hybridized carbons (Fsp3) is 0.381. The normalized spacial score (nSPS) is 11.9. The van der Waals surface area contributed by atoms with Gasteiger partial charge in [-0.25, -0.2) is 13.1 Å². The largest absolute Gasteiger partial charge is 0.497 e. The highest BCUT2D eigenvalue weighted by Crippen LogP contribution is 2.13. The van der Waals surface area contributed by atoms with Crippen LogP contribution < -0.4 is 14.8 Å². The second-order valence-corrected chi connectivity index (χ2v) is 8.41. The molecule has 0 atom stereocenters. The molecule has 0 spiro atoms. The fourth-order valence-corrected chi connectivity index (χ4v) is 3.91. The summed E-state index contributed by atoms with van der Waals surface area (Å²) >= 11 is 0. The van der Waals surface area contributed by atoms with Gasteiger partial charge in [0, 0.05) is 40.8 Å². The van der Waals surface area contributed by atoms with E-state index >= 15 is 0 Å². The van der Waals surface area contributed by atoms with E-state index in [0.717, 1.165) is 16.9 Å². The van der Waals surface area contributed by atoms with Gasteiger partial charge in [0.2, 0.25) is 10.0 Å². The standard InChI is InChI=1S/C21H30N4O4S/c1-22-21(25(2)16-17-8-10-19(29-4)11-9-17)23-15-18-6-5-7-20(14-18)30(26,27)24-12-13-28-3/h5-11,14,24H,12-13,15-16H2,1-4H3,(H,22,23). The third kappa shape index (κ3) is 7.01. The van der Waals surface area contributed by atoms with Gasteiger partial charge in [-0.2, -0.15) is 0 Å². The number of guanidine groups is 1. The molecule has 0 bridgehead atoms. The zero-order valence-electron chi connectivity index (χ0n) is 17.9. The molecular weight excluding hydrogens is 404 g/mol. The lowest BCUT2D eigenvalue weighted by Gasteiger charge is -2.22. The molecule has 30 heavy (non-hydrogen) atoms. The van der Waals surface area contributed by atoms with Crippen molar-refractivity contribution in [3.8, 4) is 5.75 Å². The van der Waals surface area contributed by atoms with Crippen LogP contribution >= 0.6 is 0 Å². The first kappa shape index (κ1) is 23.7. The van der Waals surface area contributed by atoms with Crippen LogP contribution in [-0.2, 0) is 27.8 Å². The second kappa shape index (κ2) is 11.5. The van der Waals surface area contributed by atoms with Crippen LogP contribution in [0, 0.1) is 0 Å². The molecule has 2 aromatic rings. The number of hydrogen-bond donors (Lipinski definition) is 2.